The van der Waals surface area contributed by atoms with E-state index in [2.05, 4.69) is 6.92 Å². The lowest BCUT2D eigenvalue weighted by Gasteiger charge is -2.63. The standard InChI is InChI=1S/C20H30O4/c1-17-6-3-7-18(2,16(23)24)13(17)4-8-19-10-15(22)20(11-19,12-21)9-5-14(17)19/h13-14,21H,3-12H2,1-2H3,(H,23,24). The monoisotopic (exact) mass is 334 g/mol. The van der Waals surface area contributed by atoms with Crippen molar-refractivity contribution in [2.24, 2.45) is 33.5 Å². The third kappa shape index (κ3) is 1.79. The van der Waals surface area contributed by atoms with Gasteiger partial charge in [0.1, 0.15) is 5.78 Å². The van der Waals surface area contributed by atoms with Crippen LogP contribution in [0.5, 0.6) is 0 Å². The van der Waals surface area contributed by atoms with Crippen molar-refractivity contribution in [3.8, 4) is 0 Å². The normalized spacial score (nSPS) is 53.4. The van der Waals surface area contributed by atoms with Crippen molar-refractivity contribution in [2.75, 3.05) is 6.61 Å². The predicted octanol–water partition coefficient (Wildman–Crippen LogP) is 3.42. The fraction of sp³-hybridized carbons (Fsp3) is 0.900. The second-order valence-corrected chi connectivity index (χ2v) is 9.84. The van der Waals surface area contributed by atoms with Gasteiger partial charge in [0.25, 0.3) is 0 Å². The molecule has 0 radical (unpaired) electrons. The van der Waals surface area contributed by atoms with E-state index in [-0.39, 0.29) is 29.1 Å². The van der Waals surface area contributed by atoms with E-state index in [1.54, 1.807) is 0 Å². The predicted molar refractivity (Wildman–Crippen MR) is 89.3 cm³/mol. The average Bonchev–Trinajstić information content (AvgIpc) is 2.73. The number of aliphatic hydroxyl groups excluding tert-OH is 1. The first-order valence-electron chi connectivity index (χ1n) is 9.60. The van der Waals surface area contributed by atoms with Crippen LogP contribution < -0.4 is 0 Å². The zero-order chi connectivity index (χ0) is 17.4. The highest BCUT2D eigenvalue weighted by atomic mass is 16.4. The highest BCUT2D eigenvalue weighted by molar-refractivity contribution is 5.88. The van der Waals surface area contributed by atoms with Gasteiger partial charge < -0.3 is 10.2 Å². The second kappa shape index (κ2) is 4.84. The van der Waals surface area contributed by atoms with Gasteiger partial charge >= 0.3 is 5.97 Å². The lowest BCUT2D eigenvalue weighted by molar-refractivity contribution is -0.184. The van der Waals surface area contributed by atoms with Crippen LogP contribution in [0.25, 0.3) is 0 Å². The molecule has 134 valence electrons. The Hall–Kier alpha value is -0.900. The third-order valence-electron chi connectivity index (χ3n) is 8.94. The Balaban J connectivity index is 1.74. The molecule has 2 bridgehead atoms. The van der Waals surface area contributed by atoms with Crippen molar-refractivity contribution < 1.29 is 19.8 Å². The molecule has 4 heteroatoms. The minimum Gasteiger partial charge on any atom is -0.481 e. The fourth-order valence-electron chi connectivity index (χ4n) is 7.81. The topological polar surface area (TPSA) is 74.6 Å². The van der Waals surface area contributed by atoms with Crippen LogP contribution in [-0.2, 0) is 9.59 Å². The quantitative estimate of drug-likeness (QED) is 0.811. The molecule has 1 spiro atoms. The molecule has 4 rings (SSSR count). The maximum atomic E-state index is 12.7. The van der Waals surface area contributed by atoms with Crippen LogP contribution in [0.2, 0.25) is 0 Å². The number of fused-ring (bicyclic) bond motifs is 3. The van der Waals surface area contributed by atoms with E-state index in [1.165, 1.54) is 0 Å². The molecule has 0 aromatic carbocycles. The van der Waals surface area contributed by atoms with Gasteiger partial charge in [-0.05, 0) is 74.5 Å². The highest BCUT2D eigenvalue weighted by Crippen LogP contribution is 2.72. The zero-order valence-electron chi connectivity index (χ0n) is 14.9. The first-order valence-corrected chi connectivity index (χ1v) is 9.60. The molecule has 0 aliphatic heterocycles. The summed E-state index contributed by atoms with van der Waals surface area (Å²) in [6.07, 6.45) is 7.96. The molecule has 4 nitrogen and oxygen atoms in total. The lowest BCUT2D eigenvalue weighted by Crippen LogP contribution is -2.58. The minimum atomic E-state index is -0.641. The van der Waals surface area contributed by atoms with Crippen molar-refractivity contribution in [3.63, 3.8) is 0 Å². The Morgan fingerprint density at radius 1 is 1.12 bits per heavy atom. The van der Waals surface area contributed by atoms with Gasteiger partial charge in [-0.2, -0.15) is 0 Å². The summed E-state index contributed by atoms with van der Waals surface area (Å²) in [6.45, 7) is 4.27. The Kier molecular flexibility index (Phi) is 3.34. The molecule has 6 atom stereocenters. The number of carboxylic acid groups (broad SMARTS) is 1. The molecular weight excluding hydrogens is 304 g/mol. The van der Waals surface area contributed by atoms with E-state index < -0.39 is 16.8 Å². The van der Waals surface area contributed by atoms with E-state index >= 15 is 0 Å². The number of Topliss-reactive ketones (excluding diaryl/α,β-unsaturated/α-hetero) is 1. The summed E-state index contributed by atoms with van der Waals surface area (Å²) in [5.74, 6) is 0.279. The fourth-order valence-corrected chi connectivity index (χ4v) is 7.81. The van der Waals surface area contributed by atoms with Crippen LogP contribution in [0.4, 0.5) is 0 Å². The van der Waals surface area contributed by atoms with Crippen LogP contribution in [0.1, 0.15) is 71.6 Å². The maximum absolute atomic E-state index is 12.7. The second-order valence-electron chi connectivity index (χ2n) is 9.84. The van der Waals surface area contributed by atoms with E-state index in [4.69, 9.17) is 0 Å². The summed E-state index contributed by atoms with van der Waals surface area (Å²) in [7, 11) is 0. The summed E-state index contributed by atoms with van der Waals surface area (Å²) < 4.78 is 0. The summed E-state index contributed by atoms with van der Waals surface area (Å²) in [6, 6.07) is 0. The van der Waals surface area contributed by atoms with Crippen LogP contribution in [0.15, 0.2) is 0 Å². The molecule has 6 unspecified atom stereocenters. The van der Waals surface area contributed by atoms with Crippen LogP contribution in [0.3, 0.4) is 0 Å². The van der Waals surface area contributed by atoms with Crippen molar-refractivity contribution in [1.29, 1.82) is 0 Å². The summed E-state index contributed by atoms with van der Waals surface area (Å²) in [4.78, 5) is 24.8. The van der Waals surface area contributed by atoms with Gasteiger partial charge in [-0.1, -0.05) is 13.3 Å². The Labute approximate surface area is 144 Å². The Morgan fingerprint density at radius 3 is 2.50 bits per heavy atom. The number of hydrogen-bond donors (Lipinski definition) is 2. The molecule has 0 saturated heterocycles. The lowest BCUT2D eigenvalue weighted by atomic mass is 9.40. The largest absolute Gasteiger partial charge is 0.481 e. The Bertz CT molecular complexity index is 600. The van der Waals surface area contributed by atoms with Gasteiger partial charge in [-0.25, -0.2) is 0 Å². The maximum Gasteiger partial charge on any atom is 0.309 e. The minimum absolute atomic E-state index is 0.00666. The van der Waals surface area contributed by atoms with E-state index in [1.807, 2.05) is 6.92 Å². The third-order valence-corrected chi connectivity index (χ3v) is 8.94. The summed E-state index contributed by atoms with van der Waals surface area (Å²) in [5.41, 5.74) is -1.05. The highest BCUT2D eigenvalue weighted by Gasteiger charge is 2.68. The number of ketones is 1. The van der Waals surface area contributed by atoms with Crippen molar-refractivity contribution >= 4 is 11.8 Å². The first kappa shape index (κ1) is 16.6. The van der Waals surface area contributed by atoms with Gasteiger partial charge in [0.15, 0.2) is 0 Å². The number of hydrogen-bond acceptors (Lipinski definition) is 3. The molecule has 4 fully saturated rings. The molecule has 4 saturated carbocycles. The smallest absolute Gasteiger partial charge is 0.309 e. The van der Waals surface area contributed by atoms with Crippen molar-refractivity contribution in [3.05, 3.63) is 0 Å². The molecule has 2 N–H and O–H groups in total. The van der Waals surface area contributed by atoms with Gasteiger partial charge in [0, 0.05) is 6.42 Å². The van der Waals surface area contributed by atoms with E-state index in [9.17, 15) is 19.8 Å². The van der Waals surface area contributed by atoms with E-state index in [0.29, 0.717) is 12.3 Å². The molecule has 0 amide bonds. The van der Waals surface area contributed by atoms with Gasteiger partial charge in [-0.15, -0.1) is 0 Å². The number of carbonyl (C=O) groups is 2. The number of rotatable bonds is 2. The van der Waals surface area contributed by atoms with Gasteiger partial charge in [-0.3, -0.25) is 9.59 Å². The molecule has 24 heavy (non-hydrogen) atoms. The number of carbonyl (C=O) groups excluding carboxylic acids is 1. The van der Waals surface area contributed by atoms with E-state index in [0.717, 1.165) is 51.4 Å². The Morgan fingerprint density at radius 2 is 1.83 bits per heavy atom. The zero-order valence-corrected chi connectivity index (χ0v) is 14.9. The molecular formula is C20H30O4. The first-order chi connectivity index (χ1) is 11.2. The summed E-state index contributed by atoms with van der Waals surface area (Å²) >= 11 is 0. The van der Waals surface area contributed by atoms with Crippen LogP contribution in [0, 0.1) is 33.5 Å². The number of aliphatic carboxylic acids is 1. The summed E-state index contributed by atoms with van der Waals surface area (Å²) in [5, 5.41) is 19.8. The SMILES string of the molecule is CC1(C(=O)O)CCCC2(C)C3CCC4(CO)CC3(CCC12)CC4=O. The number of carboxylic acids is 1. The molecule has 0 heterocycles. The average molecular weight is 334 g/mol. The molecule has 0 aromatic rings. The van der Waals surface area contributed by atoms with Crippen LogP contribution in [-0.4, -0.2) is 28.6 Å². The van der Waals surface area contributed by atoms with Crippen molar-refractivity contribution in [1.82, 2.24) is 0 Å². The number of aliphatic hydroxyl groups is 1. The molecule has 4 aliphatic carbocycles. The van der Waals surface area contributed by atoms with Gasteiger partial charge in [0.2, 0.25) is 0 Å². The van der Waals surface area contributed by atoms with Gasteiger partial charge in [0.05, 0.1) is 17.4 Å². The van der Waals surface area contributed by atoms with Crippen molar-refractivity contribution in [2.45, 2.75) is 71.6 Å². The van der Waals surface area contributed by atoms with Crippen LogP contribution >= 0.6 is 0 Å². The molecule has 4 aliphatic rings. The molecule has 0 aromatic heterocycles.